The lowest BCUT2D eigenvalue weighted by molar-refractivity contribution is -0.278. The topological polar surface area (TPSA) is 161 Å². The van der Waals surface area contributed by atoms with Crippen LogP contribution in [0.1, 0.15) is 22.8 Å². The standard InChI is InChI=1S/C25H28O11/c1-13(26)15-6-8-17(19(11-15)33-3)35-25-24(31)23(30)22(29)20(36-25)12-34-21(28)9-5-14-4-7-16(27)18(10-14)32-2/h4-11,20,22-25,27,29-31H,12H2,1-3H3/b9-5+. The van der Waals surface area contributed by atoms with E-state index in [-0.39, 0.29) is 28.8 Å². The molecule has 0 bridgehead atoms. The van der Waals surface area contributed by atoms with Crippen molar-refractivity contribution in [1.29, 1.82) is 0 Å². The van der Waals surface area contributed by atoms with E-state index in [1.54, 1.807) is 6.07 Å². The fraction of sp³-hybridized carbons (Fsp3) is 0.360. The van der Waals surface area contributed by atoms with Gasteiger partial charge in [-0.2, -0.15) is 0 Å². The molecule has 0 spiro atoms. The highest BCUT2D eigenvalue weighted by atomic mass is 16.7. The Morgan fingerprint density at radius 2 is 1.67 bits per heavy atom. The van der Waals surface area contributed by atoms with E-state index < -0.39 is 43.3 Å². The number of carbonyl (C=O) groups excluding carboxylic acids is 2. The van der Waals surface area contributed by atoms with Gasteiger partial charge in [-0.25, -0.2) is 4.79 Å². The number of phenolic OH excluding ortho intramolecular Hbond substituents is 1. The molecule has 36 heavy (non-hydrogen) atoms. The molecule has 0 amide bonds. The quantitative estimate of drug-likeness (QED) is 0.219. The third kappa shape index (κ3) is 6.32. The van der Waals surface area contributed by atoms with Gasteiger partial charge in [-0.3, -0.25) is 4.79 Å². The van der Waals surface area contributed by atoms with E-state index >= 15 is 0 Å². The molecular weight excluding hydrogens is 476 g/mol. The Morgan fingerprint density at radius 3 is 2.33 bits per heavy atom. The van der Waals surface area contributed by atoms with Crippen LogP contribution < -0.4 is 14.2 Å². The van der Waals surface area contributed by atoms with Crippen LogP contribution in [0.4, 0.5) is 0 Å². The predicted molar refractivity (Wildman–Crippen MR) is 125 cm³/mol. The number of ether oxygens (including phenoxy) is 5. The molecule has 0 saturated carbocycles. The minimum Gasteiger partial charge on any atom is -0.504 e. The summed E-state index contributed by atoms with van der Waals surface area (Å²) in [6.45, 7) is 0.941. The Balaban J connectivity index is 1.65. The third-order valence-corrected chi connectivity index (χ3v) is 5.49. The first-order valence-electron chi connectivity index (χ1n) is 10.9. The average molecular weight is 504 g/mol. The van der Waals surface area contributed by atoms with Crippen LogP contribution in [0.3, 0.4) is 0 Å². The Labute approximate surface area is 207 Å². The van der Waals surface area contributed by atoms with Gasteiger partial charge in [0.25, 0.3) is 0 Å². The van der Waals surface area contributed by atoms with E-state index in [4.69, 9.17) is 23.7 Å². The van der Waals surface area contributed by atoms with Gasteiger partial charge >= 0.3 is 5.97 Å². The van der Waals surface area contributed by atoms with Crippen molar-refractivity contribution in [2.45, 2.75) is 37.6 Å². The number of aliphatic hydroxyl groups excluding tert-OH is 3. The largest absolute Gasteiger partial charge is 0.504 e. The molecule has 1 aliphatic heterocycles. The molecule has 1 heterocycles. The number of rotatable bonds is 9. The van der Waals surface area contributed by atoms with E-state index in [0.29, 0.717) is 11.1 Å². The minimum atomic E-state index is -1.66. The summed E-state index contributed by atoms with van der Waals surface area (Å²) in [5.74, 6) is -0.456. The molecular formula is C25H28O11. The molecule has 5 atom stereocenters. The number of phenols is 1. The number of ketones is 1. The first kappa shape index (κ1) is 27.0. The fourth-order valence-corrected chi connectivity index (χ4v) is 3.44. The zero-order chi connectivity index (χ0) is 26.4. The van der Waals surface area contributed by atoms with E-state index in [0.717, 1.165) is 6.08 Å². The molecule has 194 valence electrons. The molecule has 1 aliphatic rings. The van der Waals surface area contributed by atoms with Gasteiger partial charge in [0.05, 0.1) is 14.2 Å². The molecule has 0 radical (unpaired) electrons. The number of aromatic hydroxyl groups is 1. The van der Waals surface area contributed by atoms with Crippen molar-refractivity contribution >= 4 is 17.8 Å². The SMILES string of the molecule is COc1cc(/C=C/C(=O)OCC2OC(Oc3ccc(C(C)=O)cc3OC)C(O)C(O)C2O)ccc1O. The van der Waals surface area contributed by atoms with Crippen LogP contribution in [0.5, 0.6) is 23.0 Å². The minimum absolute atomic E-state index is 0.0504. The smallest absolute Gasteiger partial charge is 0.330 e. The summed E-state index contributed by atoms with van der Waals surface area (Å²) in [5, 5.41) is 40.5. The third-order valence-electron chi connectivity index (χ3n) is 5.49. The number of Topliss-reactive ketones (excluding diaryl/α,β-unsaturated/α-hetero) is 1. The van der Waals surface area contributed by atoms with Crippen molar-refractivity contribution in [3.8, 4) is 23.0 Å². The fourth-order valence-electron chi connectivity index (χ4n) is 3.44. The van der Waals surface area contributed by atoms with E-state index in [1.807, 2.05) is 0 Å². The van der Waals surface area contributed by atoms with Crippen LogP contribution in [-0.2, 0) is 14.3 Å². The molecule has 1 fully saturated rings. The lowest BCUT2D eigenvalue weighted by Gasteiger charge is -2.40. The molecule has 0 aromatic heterocycles. The summed E-state index contributed by atoms with van der Waals surface area (Å²) in [4.78, 5) is 23.8. The van der Waals surface area contributed by atoms with Crippen molar-refractivity contribution < 1.29 is 53.7 Å². The number of hydrogen-bond acceptors (Lipinski definition) is 11. The molecule has 3 rings (SSSR count). The number of benzene rings is 2. The Bertz CT molecular complexity index is 1110. The Hall–Kier alpha value is -3.64. The highest BCUT2D eigenvalue weighted by molar-refractivity contribution is 5.94. The van der Waals surface area contributed by atoms with Gasteiger partial charge in [0, 0.05) is 11.6 Å². The maximum Gasteiger partial charge on any atom is 0.330 e. The summed E-state index contributed by atoms with van der Waals surface area (Å²) in [5.41, 5.74) is 0.940. The monoisotopic (exact) mass is 504 g/mol. The van der Waals surface area contributed by atoms with Crippen molar-refractivity contribution in [3.63, 3.8) is 0 Å². The van der Waals surface area contributed by atoms with Gasteiger partial charge in [0.1, 0.15) is 31.0 Å². The Kier molecular flexibility index (Phi) is 8.88. The van der Waals surface area contributed by atoms with Crippen LogP contribution in [-0.4, -0.2) is 83.7 Å². The second-order valence-corrected chi connectivity index (χ2v) is 7.95. The highest BCUT2D eigenvalue weighted by Gasteiger charge is 2.45. The van der Waals surface area contributed by atoms with Crippen molar-refractivity contribution in [2.24, 2.45) is 0 Å². The molecule has 2 aromatic carbocycles. The first-order valence-corrected chi connectivity index (χ1v) is 10.9. The summed E-state index contributed by atoms with van der Waals surface area (Å²) < 4.78 is 26.6. The van der Waals surface area contributed by atoms with Crippen LogP contribution in [0.15, 0.2) is 42.5 Å². The van der Waals surface area contributed by atoms with Crippen LogP contribution in [0.25, 0.3) is 6.08 Å². The number of carbonyl (C=O) groups is 2. The molecule has 0 aliphatic carbocycles. The van der Waals surface area contributed by atoms with E-state index in [9.17, 15) is 30.0 Å². The lowest BCUT2D eigenvalue weighted by atomic mass is 9.99. The molecule has 4 N–H and O–H groups in total. The number of hydrogen-bond donors (Lipinski definition) is 4. The summed E-state index contributed by atoms with van der Waals surface area (Å²) in [6, 6.07) is 8.88. The van der Waals surface area contributed by atoms with E-state index in [2.05, 4.69) is 0 Å². The molecule has 11 nitrogen and oxygen atoms in total. The maximum absolute atomic E-state index is 12.2. The first-order chi connectivity index (χ1) is 17.1. The van der Waals surface area contributed by atoms with Gasteiger partial charge in [0.2, 0.25) is 6.29 Å². The summed E-state index contributed by atoms with van der Waals surface area (Å²) in [6.07, 6.45) is -4.96. The number of aliphatic hydroxyl groups is 3. The zero-order valence-corrected chi connectivity index (χ0v) is 19.9. The second kappa shape index (κ2) is 11.9. The van der Waals surface area contributed by atoms with Crippen LogP contribution in [0, 0.1) is 0 Å². The molecule has 1 saturated heterocycles. The molecule has 5 unspecified atom stereocenters. The van der Waals surface area contributed by atoms with Gasteiger partial charge in [0.15, 0.2) is 28.8 Å². The summed E-state index contributed by atoms with van der Waals surface area (Å²) in [7, 11) is 2.76. The normalized spacial score (nSPS) is 23.8. The highest BCUT2D eigenvalue weighted by Crippen LogP contribution is 2.32. The van der Waals surface area contributed by atoms with Gasteiger partial charge < -0.3 is 44.1 Å². The van der Waals surface area contributed by atoms with Crippen molar-refractivity contribution in [3.05, 3.63) is 53.6 Å². The zero-order valence-electron chi connectivity index (χ0n) is 19.9. The Morgan fingerprint density at radius 1 is 0.944 bits per heavy atom. The summed E-state index contributed by atoms with van der Waals surface area (Å²) >= 11 is 0. The van der Waals surface area contributed by atoms with Crippen molar-refractivity contribution in [2.75, 3.05) is 20.8 Å². The average Bonchev–Trinajstić information content (AvgIpc) is 2.87. The molecule has 11 heteroatoms. The predicted octanol–water partition coefficient (Wildman–Crippen LogP) is 1.05. The maximum atomic E-state index is 12.2. The lowest BCUT2D eigenvalue weighted by Crippen LogP contribution is -2.60. The van der Waals surface area contributed by atoms with Crippen LogP contribution in [0.2, 0.25) is 0 Å². The van der Waals surface area contributed by atoms with Crippen LogP contribution >= 0.6 is 0 Å². The second-order valence-electron chi connectivity index (χ2n) is 7.95. The molecule has 2 aromatic rings. The van der Waals surface area contributed by atoms with Crippen molar-refractivity contribution in [1.82, 2.24) is 0 Å². The van der Waals surface area contributed by atoms with Gasteiger partial charge in [-0.1, -0.05) is 6.07 Å². The van der Waals surface area contributed by atoms with E-state index in [1.165, 1.54) is 57.6 Å². The van der Waals surface area contributed by atoms with Gasteiger partial charge in [-0.15, -0.1) is 0 Å². The number of methoxy groups -OCH3 is 2. The number of esters is 1. The van der Waals surface area contributed by atoms with Gasteiger partial charge in [-0.05, 0) is 48.9 Å².